The van der Waals surface area contributed by atoms with Crippen molar-refractivity contribution in [3.63, 3.8) is 0 Å². The minimum atomic E-state index is 0.294. The van der Waals surface area contributed by atoms with Gasteiger partial charge < -0.3 is 10.1 Å². The summed E-state index contributed by atoms with van der Waals surface area (Å²) in [6, 6.07) is 1.87. The molecule has 0 radical (unpaired) electrons. The Labute approximate surface area is 119 Å². The molecule has 0 aliphatic heterocycles. The molecule has 1 N–H and O–H groups in total. The van der Waals surface area contributed by atoms with Gasteiger partial charge >= 0.3 is 0 Å². The molecule has 0 amide bonds. The second-order valence-corrected chi connectivity index (χ2v) is 6.58. The topological polar surface area (TPSA) is 47.0 Å². The fraction of sp³-hybridized carbons (Fsp3) is 0.714. The maximum Gasteiger partial charge on any atom is 0.219 e. The summed E-state index contributed by atoms with van der Waals surface area (Å²) in [5.41, 5.74) is 0.464. The van der Waals surface area contributed by atoms with E-state index in [4.69, 9.17) is 4.74 Å². The summed E-state index contributed by atoms with van der Waals surface area (Å²) in [7, 11) is 1.86. The molecular weight excluding hydrogens is 258 g/mol. The first kappa shape index (κ1) is 14.4. The summed E-state index contributed by atoms with van der Waals surface area (Å²) in [6.07, 6.45) is 6.93. The van der Waals surface area contributed by atoms with E-state index in [0.717, 1.165) is 23.8 Å². The van der Waals surface area contributed by atoms with Crippen LogP contribution in [0.5, 0.6) is 5.88 Å². The lowest BCUT2D eigenvalue weighted by Crippen LogP contribution is -2.28. The molecule has 1 fully saturated rings. The number of nitrogens with one attached hydrogen (secondary N) is 1. The van der Waals surface area contributed by atoms with Gasteiger partial charge in [-0.3, -0.25) is 0 Å². The van der Waals surface area contributed by atoms with Gasteiger partial charge in [-0.05, 0) is 37.4 Å². The summed E-state index contributed by atoms with van der Waals surface area (Å²) in [4.78, 5) is 8.77. The number of aromatic nitrogens is 2. The summed E-state index contributed by atoms with van der Waals surface area (Å²) in [5, 5.41) is 3.80. The van der Waals surface area contributed by atoms with Crippen molar-refractivity contribution in [2.45, 2.75) is 50.8 Å². The van der Waals surface area contributed by atoms with E-state index in [1.807, 2.05) is 19.4 Å². The van der Waals surface area contributed by atoms with Gasteiger partial charge in [0.05, 0.1) is 0 Å². The normalized spacial score (nSPS) is 19.2. The molecule has 1 heterocycles. The molecule has 0 bridgehead atoms. The average Bonchev–Trinajstić information content (AvgIpc) is 2.40. The Hall–Kier alpha value is -0.970. The van der Waals surface area contributed by atoms with Gasteiger partial charge in [0, 0.05) is 13.1 Å². The molecule has 1 aliphatic carbocycles. The van der Waals surface area contributed by atoms with E-state index in [1.165, 1.54) is 24.6 Å². The van der Waals surface area contributed by atoms with Crippen molar-refractivity contribution in [1.29, 1.82) is 0 Å². The number of ether oxygens (including phenoxy) is 1. The van der Waals surface area contributed by atoms with Gasteiger partial charge in [-0.2, -0.15) is 4.98 Å². The van der Waals surface area contributed by atoms with Crippen LogP contribution in [0.2, 0.25) is 0 Å². The van der Waals surface area contributed by atoms with Crippen LogP contribution in [0.4, 0.5) is 5.82 Å². The van der Waals surface area contributed by atoms with Crippen molar-refractivity contribution in [1.82, 2.24) is 9.97 Å². The quantitative estimate of drug-likeness (QED) is 0.675. The van der Waals surface area contributed by atoms with Crippen molar-refractivity contribution < 1.29 is 4.74 Å². The first-order valence-corrected chi connectivity index (χ1v) is 8.02. The number of nitrogens with zero attached hydrogens (tertiary/aromatic N) is 2. The van der Waals surface area contributed by atoms with Crippen LogP contribution >= 0.6 is 11.8 Å². The fourth-order valence-corrected chi connectivity index (χ4v) is 2.72. The number of hydrogen-bond acceptors (Lipinski definition) is 5. The lowest BCUT2D eigenvalue weighted by Gasteiger charge is -2.34. The molecule has 19 heavy (non-hydrogen) atoms. The smallest absolute Gasteiger partial charge is 0.219 e. The number of anilines is 1. The van der Waals surface area contributed by atoms with E-state index < -0.39 is 0 Å². The van der Waals surface area contributed by atoms with E-state index in [-0.39, 0.29) is 0 Å². The molecule has 1 aromatic heterocycles. The number of hydrogen-bond donors (Lipinski definition) is 1. The molecule has 0 aromatic carbocycles. The second-order valence-electron chi connectivity index (χ2n) is 5.81. The SMILES string of the molecule is CNc1cc(OC2CCC(C)(C)CC2)nc(SC)n1. The summed E-state index contributed by atoms with van der Waals surface area (Å²) >= 11 is 1.53. The number of thioether (sulfide) groups is 1. The Bertz CT molecular complexity index is 404. The molecular formula is C14H23N3OS. The van der Waals surface area contributed by atoms with Crippen molar-refractivity contribution in [3.05, 3.63) is 6.07 Å². The largest absolute Gasteiger partial charge is 0.474 e. The zero-order valence-corrected chi connectivity index (χ0v) is 13.0. The van der Waals surface area contributed by atoms with Crippen LogP contribution in [0.25, 0.3) is 0 Å². The third kappa shape index (κ3) is 4.00. The zero-order valence-electron chi connectivity index (χ0n) is 12.2. The monoisotopic (exact) mass is 281 g/mol. The molecule has 0 saturated heterocycles. The van der Waals surface area contributed by atoms with E-state index in [1.54, 1.807) is 0 Å². The van der Waals surface area contributed by atoms with Gasteiger partial charge in [0.2, 0.25) is 5.88 Å². The molecule has 1 aliphatic rings. The van der Waals surface area contributed by atoms with E-state index >= 15 is 0 Å². The Kier molecular flexibility index (Phi) is 4.55. The van der Waals surface area contributed by atoms with Crippen LogP contribution in [0.3, 0.4) is 0 Å². The number of rotatable bonds is 4. The maximum atomic E-state index is 6.03. The first-order valence-electron chi connectivity index (χ1n) is 6.80. The third-order valence-corrected chi connectivity index (χ3v) is 4.24. The van der Waals surface area contributed by atoms with Crippen molar-refractivity contribution >= 4 is 17.6 Å². The van der Waals surface area contributed by atoms with Gasteiger partial charge in [-0.25, -0.2) is 4.98 Å². The summed E-state index contributed by atoms with van der Waals surface area (Å²) < 4.78 is 6.03. The predicted molar refractivity (Wildman–Crippen MR) is 80.0 cm³/mol. The lowest BCUT2D eigenvalue weighted by atomic mass is 9.76. The van der Waals surface area contributed by atoms with E-state index in [2.05, 4.69) is 29.1 Å². The minimum Gasteiger partial charge on any atom is -0.474 e. The van der Waals surface area contributed by atoms with Gasteiger partial charge in [0.1, 0.15) is 11.9 Å². The standard InChI is InChI=1S/C14H23N3OS/c1-14(2)7-5-10(6-8-14)18-12-9-11(15-3)16-13(17-12)19-4/h9-10H,5-8H2,1-4H3,(H,15,16,17). The Morgan fingerprint density at radius 3 is 2.58 bits per heavy atom. The van der Waals surface area contributed by atoms with Gasteiger partial charge in [0.15, 0.2) is 5.16 Å². The molecule has 0 unspecified atom stereocenters. The van der Waals surface area contributed by atoms with Crippen molar-refractivity contribution in [2.75, 3.05) is 18.6 Å². The van der Waals surface area contributed by atoms with Gasteiger partial charge in [0.25, 0.3) is 0 Å². The molecule has 4 nitrogen and oxygen atoms in total. The van der Waals surface area contributed by atoms with Crippen LogP contribution in [0.15, 0.2) is 11.2 Å². The lowest BCUT2D eigenvalue weighted by molar-refractivity contribution is 0.0942. The maximum absolute atomic E-state index is 6.03. The van der Waals surface area contributed by atoms with Crippen LogP contribution < -0.4 is 10.1 Å². The van der Waals surface area contributed by atoms with Gasteiger partial charge in [-0.1, -0.05) is 25.6 Å². The molecule has 5 heteroatoms. The van der Waals surface area contributed by atoms with Gasteiger partial charge in [-0.15, -0.1) is 0 Å². The second kappa shape index (κ2) is 5.99. The fourth-order valence-electron chi connectivity index (χ4n) is 2.34. The molecule has 1 aromatic rings. The molecule has 1 saturated carbocycles. The van der Waals surface area contributed by atoms with E-state index in [0.29, 0.717) is 17.4 Å². The molecule has 0 spiro atoms. The Morgan fingerprint density at radius 1 is 1.32 bits per heavy atom. The third-order valence-electron chi connectivity index (χ3n) is 3.69. The highest BCUT2D eigenvalue weighted by atomic mass is 32.2. The van der Waals surface area contributed by atoms with Crippen LogP contribution in [0.1, 0.15) is 39.5 Å². The highest BCUT2D eigenvalue weighted by molar-refractivity contribution is 7.98. The first-order chi connectivity index (χ1) is 9.02. The summed E-state index contributed by atoms with van der Waals surface area (Å²) in [6.45, 7) is 4.66. The minimum absolute atomic E-state index is 0.294. The average molecular weight is 281 g/mol. The Morgan fingerprint density at radius 2 is 2.00 bits per heavy atom. The zero-order chi connectivity index (χ0) is 13.9. The van der Waals surface area contributed by atoms with Crippen LogP contribution in [-0.4, -0.2) is 29.4 Å². The molecule has 2 rings (SSSR count). The highest BCUT2D eigenvalue weighted by Gasteiger charge is 2.28. The van der Waals surface area contributed by atoms with Crippen LogP contribution in [-0.2, 0) is 0 Å². The Balaban J connectivity index is 2.03. The van der Waals surface area contributed by atoms with Crippen LogP contribution in [0, 0.1) is 5.41 Å². The molecule has 0 atom stereocenters. The summed E-state index contributed by atoms with van der Waals surface area (Å²) in [5.74, 6) is 1.50. The molecule has 106 valence electrons. The van der Waals surface area contributed by atoms with Crippen molar-refractivity contribution in [2.24, 2.45) is 5.41 Å². The van der Waals surface area contributed by atoms with E-state index in [9.17, 15) is 0 Å². The predicted octanol–water partition coefficient (Wildman–Crippen LogP) is 3.59. The highest BCUT2D eigenvalue weighted by Crippen LogP contribution is 2.36. The van der Waals surface area contributed by atoms with Crippen molar-refractivity contribution in [3.8, 4) is 5.88 Å².